The van der Waals surface area contributed by atoms with Crippen molar-refractivity contribution in [1.29, 1.82) is 0 Å². The van der Waals surface area contributed by atoms with Gasteiger partial charge in [0.25, 0.3) is 0 Å². The monoisotopic (exact) mass is 300 g/mol. The van der Waals surface area contributed by atoms with Gasteiger partial charge in [0.1, 0.15) is 5.69 Å². The average Bonchev–Trinajstić information content (AvgIpc) is 2.92. The van der Waals surface area contributed by atoms with Gasteiger partial charge in [-0.15, -0.1) is 5.10 Å². The van der Waals surface area contributed by atoms with Crippen LogP contribution in [0.25, 0.3) is 0 Å². The molecule has 1 aliphatic rings. The first kappa shape index (κ1) is 15.2. The molecule has 0 saturated carbocycles. The fourth-order valence-electron chi connectivity index (χ4n) is 3.17. The summed E-state index contributed by atoms with van der Waals surface area (Å²) in [6.07, 6.45) is 2.07. The normalized spacial score (nSPS) is 18.4. The zero-order valence-corrected chi connectivity index (χ0v) is 13.6. The van der Waals surface area contributed by atoms with Crippen LogP contribution in [0.2, 0.25) is 0 Å². The first-order valence-electron chi connectivity index (χ1n) is 7.92. The highest BCUT2D eigenvalue weighted by Crippen LogP contribution is 2.29. The smallest absolute Gasteiger partial charge is 0.105 e. The molecule has 2 aromatic rings. The lowest BCUT2D eigenvalue weighted by atomic mass is 10.0. The number of nitrogens with zero attached hydrogens (tertiary/aromatic N) is 4. The predicted octanol–water partition coefficient (Wildman–Crippen LogP) is 2.12. The molecule has 0 spiro atoms. The van der Waals surface area contributed by atoms with E-state index in [-0.39, 0.29) is 6.04 Å². The molecule has 118 valence electrons. The van der Waals surface area contributed by atoms with Crippen molar-refractivity contribution in [3.63, 3.8) is 0 Å². The van der Waals surface area contributed by atoms with Gasteiger partial charge in [-0.1, -0.05) is 36.4 Å². The minimum atomic E-state index is 0.188. The number of aromatic nitrogens is 3. The second kappa shape index (κ2) is 6.58. The van der Waals surface area contributed by atoms with Crippen molar-refractivity contribution >= 4 is 0 Å². The van der Waals surface area contributed by atoms with Crippen LogP contribution in [-0.4, -0.2) is 40.2 Å². The Kier molecular flexibility index (Phi) is 4.55. The minimum Gasteiger partial charge on any atom is -0.383 e. The summed E-state index contributed by atoms with van der Waals surface area (Å²) in [6, 6.07) is 9.09. The third-order valence-electron chi connectivity index (χ3n) is 4.51. The fraction of sp³-hybridized carbons (Fsp3) is 0.529. The van der Waals surface area contributed by atoms with Gasteiger partial charge in [-0.25, -0.2) is 0 Å². The number of fused-ring (bicyclic) bond motifs is 1. The van der Waals surface area contributed by atoms with E-state index in [4.69, 9.17) is 4.74 Å². The second-order valence-electron chi connectivity index (χ2n) is 5.91. The van der Waals surface area contributed by atoms with Crippen molar-refractivity contribution < 1.29 is 4.74 Å². The van der Waals surface area contributed by atoms with Crippen molar-refractivity contribution in [2.24, 2.45) is 7.05 Å². The van der Waals surface area contributed by atoms with Crippen LogP contribution in [0.15, 0.2) is 24.3 Å². The molecule has 0 N–H and O–H groups in total. The molecule has 2 heterocycles. The zero-order chi connectivity index (χ0) is 15.5. The highest BCUT2D eigenvalue weighted by molar-refractivity contribution is 5.24. The average molecular weight is 300 g/mol. The summed E-state index contributed by atoms with van der Waals surface area (Å²) < 4.78 is 7.33. The molecule has 1 atom stereocenters. The molecule has 3 rings (SSSR count). The van der Waals surface area contributed by atoms with E-state index < -0.39 is 0 Å². The number of ether oxygens (including phenoxy) is 1. The van der Waals surface area contributed by atoms with Crippen LogP contribution >= 0.6 is 0 Å². The van der Waals surface area contributed by atoms with Crippen molar-refractivity contribution in [2.75, 3.05) is 20.3 Å². The minimum absolute atomic E-state index is 0.188. The lowest BCUT2D eigenvalue weighted by Gasteiger charge is -2.34. The summed E-state index contributed by atoms with van der Waals surface area (Å²) in [5.74, 6) is 0. The van der Waals surface area contributed by atoms with Crippen LogP contribution in [0, 0.1) is 0 Å². The van der Waals surface area contributed by atoms with E-state index in [1.807, 2.05) is 11.7 Å². The van der Waals surface area contributed by atoms with Crippen LogP contribution < -0.4 is 0 Å². The lowest BCUT2D eigenvalue weighted by molar-refractivity contribution is 0.0750. The van der Waals surface area contributed by atoms with Gasteiger partial charge in [-0.05, 0) is 17.5 Å². The van der Waals surface area contributed by atoms with Crippen molar-refractivity contribution in [1.82, 2.24) is 19.9 Å². The Morgan fingerprint density at radius 1 is 1.23 bits per heavy atom. The van der Waals surface area contributed by atoms with Gasteiger partial charge >= 0.3 is 0 Å². The molecule has 5 heteroatoms. The summed E-state index contributed by atoms with van der Waals surface area (Å²) in [5, 5.41) is 8.55. The topological polar surface area (TPSA) is 43.2 Å². The molecule has 1 aromatic carbocycles. The van der Waals surface area contributed by atoms with Crippen molar-refractivity contribution in [3.05, 3.63) is 46.8 Å². The highest BCUT2D eigenvalue weighted by Gasteiger charge is 2.31. The third-order valence-corrected chi connectivity index (χ3v) is 4.51. The maximum absolute atomic E-state index is 5.43. The van der Waals surface area contributed by atoms with E-state index in [9.17, 15) is 0 Å². The summed E-state index contributed by atoms with van der Waals surface area (Å²) in [7, 11) is 3.72. The van der Waals surface area contributed by atoms with Gasteiger partial charge < -0.3 is 4.74 Å². The van der Waals surface area contributed by atoms with Gasteiger partial charge in [0.05, 0.1) is 18.3 Å². The molecule has 0 amide bonds. The molecule has 1 aromatic heterocycles. The Labute approximate surface area is 131 Å². The van der Waals surface area contributed by atoms with Crippen LogP contribution in [-0.2, 0) is 31.2 Å². The molecule has 1 aliphatic heterocycles. The molecule has 22 heavy (non-hydrogen) atoms. The molecule has 0 aliphatic carbocycles. The Bertz CT molecular complexity index is 620. The highest BCUT2D eigenvalue weighted by atomic mass is 16.5. The molecule has 0 bridgehead atoms. The van der Waals surface area contributed by atoms with Crippen molar-refractivity contribution in [3.8, 4) is 0 Å². The predicted molar refractivity (Wildman–Crippen MR) is 85.6 cm³/mol. The molecule has 0 saturated heterocycles. The number of hydrogen-bond donors (Lipinski definition) is 0. The Morgan fingerprint density at radius 3 is 2.64 bits per heavy atom. The third kappa shape index (κ3) is 2.91. The summed E-state index contributed by atoms with van der Waals surface area (Å²) in [6.45, 7) is 4.77. The number of hydrogen-bond acceptors (Lipinski definition) is 4. The van der Waals surface area contributed by atoms with Gasteiger partial charge in [0.2, 0.25) is 0 Å². The maximum atomic E-state index is 5.43. The number of methoxy groups -OCH3 is 1. The molecular formula is C17H24N4O. The van der Waals surface area contributed by atoms with E-state index >= 15 is 0 Å². The van der Waals surface area contributed by atoms with Gasteiger partial charge in [-0.2, -0.15) is 0 Å². The standard InChI is InChI=1S/C17H24N4O/c1-4-13-5-7-14(8-6-13)11-21-10-9-15-17(16(21)12-22-3)18-19-20(15)2/h5-8,16H,4,9-12H2,1-3H3/t16-/m1/s1. The molecule has 0 unspecified atom stereocenters. The molecule has 5 nitrogen and oxygen atoms in total. The largest absolute Gasteiger partial charge is 0.383 e. The zero-order valence-electron chi connectivity index (χ0n) is 13.6. The van der Waals surface area contributed by atoms with E-state index in [1.165, 1.54) is 16.8 Å². The van der Waals surface area contributed by atoms with Crippen LogP contribution in [0.5, 0.6) is 0 Å². The Balaban J connectivity index is 1.80. The van der Waals surface area contributed by atoms with Crippen molar-refractivity contribution in [2.45, 2.75) is 32.4 Å². The summed E-state index contributed by atoms with van der Waals surface area (Å²) >= 11 is 0. The molecular weight excluding hydrogens is 276 g/mol. The van der Waals surface area contributed by atoms with E-state index in [1.54, 1.807) is 7.11 Å². The lowest BCUT2D eigenvalue weighted by Crippen LogP contribution is -2.37. The number of aryl methyl sites for hydroxylation is 2. The quantitative estimate of drug-likeness (QED) is 0.848. The fourth-order valence-corrected chi connectivity index (χ4v) is 3.17. The number of benzene rings is 1. The molecule has 0 radical (unpaired) electrons. The van der Waals surface area contributed by atoms with Gasteiger partial charge in [-0.3, -0.25) is 9.58 Å². The van der Waals surface area contributed by atoms with E-state index in [0.29, 0.717) is 6.61 Å². The first-order valence-corrected chi connectivity index (χ1v) is 7.92. The summed E-state index contributed by atoms with van der Waals surface area (Å²) in [5.41, 5.74) is 5.03. The van der Waals surface area contributed by atoms with Gasteiger partial charge in [0.15, 0.2) is 0 Å². The van der Waals surface area contributed by atoms with Crippen LogP contribution in [0.3, 0.4) is 0 Å². The van der Waals surface area contributed by atoms with Crippen LogP contribution in [0.1, 0.15) is 35.5 Å². The van der Waals surface area contributed by atoms with Crippen LogP contribution in [0.4, 0.5) is 0 Å². The van der Waals surface area contributed by atoms with E-state index in [0.717, 1.165) is 31.6 Å². The van der Waals surface area contributed by atoms with E-state index in [2.05, 4.69) is 46.4 Å². The first-order chi connectivity index (χ1) is 10.7. The number of rotatable bonds is 5. The Hall–Kier alpha value is -1.72. The second-order valence-corrected chi connectivity index (χ2v) is 5.91. The molecule has 0 fully saturated rings. The summed E-state index contributed by atoms with van der Waals surface area (Å²) in [4.78, 5) is 2.45. The van der Waals surface area contributed by atoms with Gasteiger partial charge in [0, 0.05) is 33.7 Å². The maximum Gasteiger partial charge on any atom is 0.105 e. The SMILES string of the molecule is CCc1ccc(CN2CCc3c(nnn3C)[C@H]2COC)cc1. The Morgan fingerprint density at radius 2 is 1.95 bits per heavy atom.